The van der Waals surface area contributed by atoms with E-state index >= 15 is 0 Å². The maximum Gasteiger partial charge on any atom is 0.0725 e. The second-order valence-corrected chi connectivity index (χ2v) is 4.25. The number of rotatable bonds is 5. The van der Waals surface area contributed by atoms with Crippen molar-refractivity contribution >= 4 is 0 Å². The summed E-state index contributed by atoms with van der Waals surface area (Å²) in [6.07, 6.45) is 0. The van der Waals surface area contributed by atoms with Crippen LogP contribution in [0.2, 0.25) is 0 Å². The smallest absolute Gasteiger partial charge is 0.0725 e. The van der Waals surface area contributed by atoms with Gasteiger partial charge in [0.15, 0.2) is 0 Å². The molecule has 0 amide bonds. The number of fused-ring (bicyclic) bond motifs is 1. The van der Waals surface area contributed by atoms with Crippen LogP contribution in [0.25, 0.3) is 0 Å². The minimum absolute atomic E-state index is 0.724. The van der Waals surface area contributed by atoms with E-state index in [0.717, 1.165) is 39.4 Å². The van der Waals surface area contributed by atoms with Crippen LogP contribution in [0.4, 0.5) is 0 Å². The first-order valence-electron chi connectivity index (χ1n) is 5.94. The van der Waals surface area contributed by atoms with E-state index in [0.29, 0.717) is 0 Å². The molecule has 2 N–H and O–H groups in total. The average molecular weight is 220 g/mol. The van der Waals surface area contributed by atoms with Crippen LogP contribution in [-0.4, -0.2) is 24.5 Å². The zero-order valence-corrected chi connectivity index (χ0v) is 9.91. The summed E-state index contributed by atoms with van der Waals surface area (Å²) >= 11 is 0. The molecular formula is C13H20N2O. The molecule has 1 aliphatic heterocycles. The fraction of sp³-hybridized carbons (Fsp3) is 0.538. The maximum absolute atomic E-state index is 5.59. The summed E-state index contributed by atoms with van der Waals surface area (Å²) in [5.41, 5.74) is 9.63. The van der Waals surface area contributed by atoms with Gasteiger partial charge in [-0.3, -0.25) is 4.90 Å². The van der Waals surface area contributed by atoms with Crippen molar-refractivity contribution in [1.82, 2.24) is 4.90 Å². The number of hydrogen-bond donors (Lipinski definition) is 1. The first kappa shape index (κ1) is 11.6. The summed E-state index contributed by atoms with van der Waals surface area (Å²) in [4.78, 5) is 2.36. The molecule has 0 radical (unpaired) electrons. The van der Waals surface area contributed by atoms with E-state index in [9.17, 15) is 0 Å². The van der Waals surface area contributed by atoms with Crippen LogP contribution in [0.15, 0.2) is 18.2 Å². The monoisotopic (exact) mass is 220 g/mol. The molecule has 0 fully saturated rings. The van der Waals surface area contributed by atoms with Crippen molar-refractivity contribution in [3.63, 3.8) is 0 Å². The normalized spacial score (nSPS) is 14.4. The molecule has 1 aromatic rings. The molecule has 0 bridgehead atoms. The fourth-order valence-corrected chi connectivity index (χ4v) is 2.11. The molecule has 88 valence electrons. The minimum Gasteiger partial charge on any atom is -0.372 e. The van der Waals surface area contributed by atoms with Crippen molar-refractivity contribution in [2.45, 2.75) is 26.7 Å². The van der Waals surface area contributed by atoms with Gasteiger partial charge in [0, 0.05) is 19.6 Å². The zero-order valence-electron chi connectivity index (χ0n) is 9.91. The van der Waals surface area contributed by atoms with Crippen LogP contribution in [0.3, 0.4) is 0 Å². The molecule has 16 heavy (non-hydrogen) atoms. The summed E-state index contributed by atoms with van der Waals surface area (Å²) in [7, 11) is 0. The Kier molecular flexibility index (Phi) is 3.93. The third-order valence-electron chi connectivity index (χ3n) is 3.08. The summed E-state index contributed by atoms with van der Waals surface area (Å²) in [6, 6.07) is 6.65. The van der Waals surface area contributed by atoms with Gasteiger partial charge in [-0.1, -0.05) is 25.1 Å². The molecule has 3 heteroatoms. The quantitative estimate of drug-likeness (QED) is 0.817. The second kappa shape index (κ2) is 5.43. The van der Waals surface area contributed by atoms with Gasteiger partial charge in [-0.2, -0.15) is 0 Å². The topological polar surface area (TPSA) is 38.5 Å². The Hall–Kier alpha value is -0.900. The Morgan fingerprint density at radius 2 is 2.12 bits per heavy atom. The van der Waals surface area contributed by atoms with Crippen molar-refractivity contribution in [3.05, 3.63) is 34.9 Å². The summed E-state index contributed by atoms with van der Waals surface area (Å²) in [6.45, 7) is 7.44. The van der Waals surface area contributed by atoms with E-state index in [1.54, 1.807) is 0 Å². The maximum atomic E-state index is 5.59. The summed E-state index contributed by atoms with van der Waals surface area (Å²) in [5.74, 6) is 0. The van der Waals surface area contributed by atoms with Crippen molar-refractivity contribution < 1.29 is 4.74 Å². The van der Waals surface area contributed by atoms with Crippen LogP contribution in [0.5, 0.6) is 0 Å². The Balaban J connectivity index is 2.04. The van der Waals surface area contributed by atoms with E-state index in [4.69, 9.17) is 10.5 Å². The number of nitrogens with two attached hydrogens (primary N) is 1. The lowest BCUT2D eigenvalue weighted by Crippen LogP contribution is -2.28. The van der Waals surface area contributed by atoms with Crippen LogP contribution >= 0.6 is 0 Å². The third kappa shape index (κ3) is 2.61. The molecular weight excluding hydrogens is 200 g/mol. The lowest BCUT2D eigenvalue weighted by atomic mass is 10.1. The van der Waals surface area contributed by atoms with Gasteiger partial charge < -0.3 is 10.5 Å². The van der Waals surface area contributed by atoms with Crippen molar-refractivity contribution in [2.75, 3.05) is 19.6 Å². The van der Waals surface area contributed by atoms with Gasteiger partial charge in [0.2, 0.25) is 0 Å². The van der Waals surface area contributed by atoms with Crippen LogP contribution in [-0.2, 0) is 24.5 Å². The zero-order chi connectivity index (χ0) is 11.4. The predicted molar refractivity (Wildman–Crippen MR) is 64.9 cm³/mol. The highest BCUT2D eigenvalue weighted by Crippen LogP contribution is 2.21. The van der Waals surface area contributed by atoms with E-state index in [1.807, 2.05) is 0 Å². The Morgan fingerprint density at radius 1 is 1.31 bits per heavy atom. The SMILES string of the molecule is CCN(CCN)Cc1ccc2c(c1)COC2. The lowest BCUT2D eigenvalue weighted by molar-refractivity contribution is 0.134. The molecule has 0 atom stereocenters. The van der Waals surface area contributed by atoms with E-state index in [1.165, 1.54) is 16.7 Å². The summed E-state index contributed by atoms with van der Waals surface area (Å²) in [5, 5.41) is 0. The molecule has 1 heterocycles. The van der Waals surface area contributed by atoms with Gasteiger partial charge >= 0.3 is 0 Å². The standard InChI is InChI=1S/C13H20N2O/c1-2-15(6-5-14)8-11-3-4-12-9-16-10-13(12)7-11/h3-4,7H,2,5-6,8-10,14H2,1H3. The van der Waals surface area contributed by atoms with Gasteiger partial charge in [0.05, 0.1) is 13.2 Å². The van der Waals surface area contributed by atoms with E-state index < -0.39 is 0 Å². The molecule has 0 aromatic heterocycles. The number of nitrogens with zero attached hydrogens (tertiary/aromatic N) is 1. The molecule has 0 saturated carbocycles. The van der Waals surface area contributed by atoms with Crippen LogP contribution in [0.1, 0.15) is 23.6 Å². The van der Waals surface area contributed by atoms with Crippen LogP contribution in [0, 0.1) is 0 Å². The molecule has 1 aliphatic rings. The highest BCUT2D eigenvalue weighted by atomic mass is 16.5. The Bertz CT molecular complexity index is 352. The van der Waals surface area contributed by atoms with E-state index in [-0.39, 0.29) is 0 Å². The van der Waals surface area contributed by atoms with E-state index in [2.05, 4.69) is 30.0 Å². The third-order valence-corrected chi connectivity index (χ3v) is 3.08. The van der Waals surface area contributed by atoms with Crippen LogP contribution < -0.4 is 5.73 Å². The first-order valence-corrected chi connectivity index (χ1v) is 5.94. The number of ether oxygens (including phenoxy) is 1. The Morgan fingerprint density at radius 3 is 2.88 bits per heavy atom. The number of benzene rings is 1. The second-order valence-electron chi connectivity index (χ2n) is 4.25. The largest absolute Gasteiger partial charge is 0.372 e. The summed E-state index contributed by atoms with van der Waals surface area (Å²) < 4.78 is 5.42. The van der Waals surface area contributed by atoms with Crippen molar-refractivity contribution in [2.24, 2.45) is 5.73 Å². The fourth-order valence-electron chi connectivity index (χ4n) is 2.11. The molecule has 0 spiro atoms. The molecule has 0 unspecified atom stereocenters. The number of likely N-dealkylation sites (N-methyl/N-ethyl adjacent to an activating group) is 1. The van der Waals surface area contributed by atoms with Crippen molar-refractivity contribution in [1.29, 1.82) is 0 Å². The molecule has 2 rings (SSSR count). The Labute approximate surface area is 97.2 Å². The highest BCUT2D eigenvalue weighted by molar-refractivity contribution is 5.33. The predicted octanol–water partition coefficient (Wildman–Crippen LogP) is 1.50. The van der Waals surface area contributed by atoms with Gasteiger partial charge in [0.1, 0.15) is 0 Å². The van der Waals surface area contributed by atoms with Crippen molar-refractivity contribution in [3.8, 4) is 0 Å². The number of hydrogen-bond acceptors (Lipinski definition) is 3. The van der Waals surface area contributed by atoms with Gasteiger partial charge in [-0.05, 0) is 23.2 Å². The highest BCUT2D eigenvalue weighted by Gasteiger charge is 2.12. The molecule has 3 nitrogen and oxygen atoms in total. The van der Waals surface area contributed by atoms with Gasteiger partial charge in [-0.25, -0.2) is 0 Å². The molecule has 0 saturated heterocycles. The van der Waals surface area contributed by atoms with Gasteiger partial charge in [-0.15, -0.1) is 0 Å². The minimum atomic E-state index is 0.724. The lowest BCUT2D eigenvalue weighted by Gasteiger charge is -2.19. The van der Waals surface area contributed by atoms with Gasteiger partial charge in [0.25, 0.3) is 0 Å². The average Bonchev–Trinajstić information content (AvgIpc) is 2.75. The molecule has 0 aliphatic carbocycles. The molecule has 1 aromatic carbocycles. The first-order chi connectivity index (χ1) is 7.83.